The van der Waals surface area contributed by atoms with E-state index in [9.17, 15) is 9.59 Å². The van der Waals surface area contributed by atoms with Crippen LogP contribution in [0.5, 0.6) is 0 Å². The Morgan fingerprint density at radius 1 is 1.60 bits per heavy atom. The van der Waals surface area contributed by atoms with E-state index in [-0.39, 0.29) is 23.8 Å². The first kappa shape index (κ1) is 12.0. The Morgan fingerprint density at radius 2 is 2.20 bits per heavy atom. The predicted molar refractivity (Wildman–Crippen MR) is 57.0 cm³/mol. The Hall–Kier alpha value is -1.10. The maximum Gasteiger partial charge on any atom is 0.244 e. The van der Waals surface area contributed by atoms with E-state index in [1.54, 1.807) is 11.9 Å². The molecular weight excluding hydrogens is 194 g/mol. The van der Waals surface area contributed by atoms with Crippen LogP contribution in [0.4, 0.5) is 0 Å². The number of nitrogens with zero attached hydrogens (tertiary/aromatic N) is 1. The maximum atomic E-state index is 11.6. The molecule has 0 aromatic rings. The number of hydrogen-bond acceptors (Lipinski definition) is 3. The van der Waals surface area contributed by atoms with Crippen molar-refractivity contribution in [1.82, 2.24) is 10.2 Å². The molecule has 2 amide bonds. The summed E-state index contributed by atoms with van der Waals surface area (Å²) in [5.74, 6) is -0.183. The molecule has 0 radical (unpaired) electrons. The third-order valence-electron chi connectivity index (χ3n) is 2.76. The standard InChI is InChI=1S/C10H19N3O2/c1-6(2)8(11)9(14)12-7-4-5-13(3)10(7)15/h6-8H,4-5,11H2,1-3H3,(H,12,14)/t7?,8-/m1/s1. The zero-order chi connectivity index (χ0) is 11.6. The molecule has 15 heavy (non-hydrogen) atoms. The van der Waals surface area contributed by atoms with Crippen LogP contribution in [-0.2, 0) is 9.59 Å². The molecule has 1 fully saturated rings. The highest BCUT2D eigenvalue weighted by Crippen LogP contribution is 2.09. The van der Waals surface area contributed by atoms with Gasteiger partial charge in [-0.1, -0.05) is 13.8 Å². The molecular formula is C10H19N3O2. The molecule has 0 bridgehead atoms. The van der Waals surface area contributed by atoms with Crippen LogP contribution in [0.1, 0.15) is 20.3 Å². The minimum Gasteiger partial charge on any atom is -0.344 e. The third kappa shape index (κ3) is 2.68. The zero-order valence-electron chi connectivity index (χ0n) is 9.49. The number of rotatable bonds is 3. The minimum atomic E-state index is -0.538. The normalized spacial score (nSPS) is 23.4. The van der Waals surface area contributed by atoms with Gasteiger partial charge in [0.15, 0.2) is 0 Å². The summed E-state index contributed by atoms with van der Waals surface area (Å²) in [4.78, 5) is 24.7. The number of carbonyl (C=O) groups is 2. The first-order valence-corrected chi connectivity index (χ1v) is 5.24. The van der Waals surface area contributed by atoms with Crippen molar-refractivity contribution in [2.75, 3.05) is 13.6 Å². The number of likely N-dealkylation sites (N-methyl/N-ethyl adjacent to an activating group) is 1. The first-order chi connectivity index (χ1) is 6.93. The second kappa shape index (κ2) is 4.61. The summed E-state index contributed by atoms with van der Waals surface area (Å²) < 4.78 is 0. The molecule has 2 atom stereocenters. The highest BCUT2D eigenvalue weighted by molar-refractivity contribution is 5.90. The molecule has 5 nitrogen and oxygen atoms in total. The van der Waals surface area contributed by atoms with Gasteiger partial charge in [-0.3, -0.25) is 9.59 Å². The number of amides is 2. The summed E-state index contributed by atoms with van der Waals surface area (Å²) in [6.45, 7) is 4.46. The maximum absolute atomic E-state index is 11.6. The highest BCUT2D eigenvalue weighted by atomic mass is 16.2. The average molecular weight is 213 g/mol. The van der Waals surface area contributed by atoms with E-state index in [4.69, 9.17) is 5.73 Å². The lowest BCUT2D eigenvalue weighted by atomic mass is 10.0. The molecule has 0 spiro atoms. The molecule has 0 aromatic heterocycles. The molecule has 1 saturated heterocycles. The number of hydrogen-bond donors (Lipinski definition) is 2. The van der Waals surface area contributed by atoms with Gasteiger partial charge in [0.05, 0.1) is 6.04 Å². The van der Waals surface area contributed by atoms with Crippen molar-refractivity contribution >= 4 is 11.8 Å². The van der Waals surface area contributed by atoms with Gasteiger partial charge in [0.1, 0.15) is 6.04 Å². The SMILES string of the molecule is CC(C)[C@@H](N)C(=O)NC1CCN(C)C1=O. The van der Waals surface area contributed by atoms with Crippen molar-refractivity contribution < 1.29 is 9.59 Å². The number of likely N-dealkylation sites (tertiary alicyclic amines) is 1. The Morgan fingerprint density at radius 3 is 2.60 bits per heavy atom. The van der Waals surface area contributed by atoms with Crippen LogP contribution in [0.3, 0.4) is 0 Å². The second-order valence-electron chi connectivity index (χ2n) is 4.38. The molecule has 0 aliphatic carbocycles. The molecule has 3 N–H and O–H groups in total. The zero-order valence-corrected chi connectivity index (χ0v) is 9.49. The van der Waals surface area contributed by atoms with Crippen LogP contribution in [0.2, 0.25) is 0 Å². The van der Waals surface area contributed by atoms with Crippen molar-refractivity contribution in [3.8, 4) is 0 Å². The van der Waals surface area contributed by atoms with Crippen molar-refractivity contribution in [2.24, 2.45) is 11.7 Å². The van der Waals surface area contributed by atoms with Crippen LogP contribution < -0.4 is 11.1 Å². The topological polar surface area (TPSA) is 75.4 Å². The Balaban J connectivity index is 2.49. The summed E-state index contributed by atoms with van der Waals surface area (Å²) in [7, 11) is 1.73. The summed E-state index contributed by atoms with van der Waals surface area (Å²) in [5, 5.41) is 2.68. The van der Waals surface area contributed by atoms with E-state index >= 15 is 0 Å². The van der Waals surface area contributed by atoms with E-state index in [1.807, 2.05) is 13.8 Å². The van der Waals surface area contributed by atoms with E-state index in [0.29, 0.717) is 13.0 Å². The number of nitrogens with two attached hydrogens (primary N) is 1. The van der Waals surface area contributed by atoms with Crippen molar-refractivity contribution in [1.29, 1.82) is 0 Å². The number of carbonyl (C=O) groups excluding carboxylic acids is 2. The van der Waals surface area contributed by atoms with Gasteiger partial charge >= 0.3 is 0 Å². The lowest BCUT2D eigenvalue weighted by Gasteiger charge is -2.18. The van der Waals surface area contributed by atoms with Crippen LogP contribution >= 0.6 is 0 Å². The molecule has 1 rings (SSSR count). The summed E-state index contributed by atoms with van der Waals surface area (Å²) in [6, 6.07) is -0.920. The van der Waals surface area contributed by atoms with E-state index in [2.05, 4.69) is 5.32 Å². The van der Waals surface area contributed by atoms with Crippen LogP contribution in [-0.4, -0.2) is 42.4 Å². The summed E-state index contributed by atoms with van der Waals surface area (Å²) in [6.07, 6.45) is 0.673. The highest BCUT2D eigenvalue weighted by Gasteiger charge is 2.31. The minimum absolute atomic E-state index is 0.0284. The lowest BCUT2D eigenvalue weighted by molar-refractivity contribution is -0.132. The van der Waals surface area contributed by atoms with Crippen LogP contribution in [0.15, 0.2) is 0 Å². The van der Waals surface area contributed by atoms with E-state index in [0.717, 1.165) is 0 Å². The van der Waals surface area contributed by atoms with Gasteiger partial charge in [-0.05, 0) is 12.3 Å². The smallest absolute Gasteiger partial charge is 0.244 e. The third-order valence-corrected chi connectivity index (χ3v) is 2.76. The number of nitrogens with one attached hydrogen (secondary N) is 1. The molecule has 86 valence electrons. The van der Waals surface area contributed by atoms with Gasteiger partial charge in [-0.2, -0.15) is 0 Å². The Kier molecular flexibility index (Phi) is 3.68. The molecule has 0 saturated carbocycles. The molecule has 5 heteroatoms. The lowest BCUT2D eigenvalue weighted by Crippen LogP contribution is -2.49. The molecule has 1 heterocycles. The van der Waals surface area contributed by atoms with Gasteiger partial charge < -0.3 is 16.0 Å². The second-order valence-corrected chi connectivity index (χ2v) is 4.38. The van der Waals surface area contributed by atoms with Gasteiger partial charge in [0, 0.05) is 13.6 Å². The van der Waals surface area contributed by atoms with Gasteiger partial charge in [0.25, 0.3) is 0 Å². The molecule has 0 aromatic carbocycles. The average Bonchev–Trinajstić information content (AvgIpc) is 2.48. The van der Waals surface area contributed by atoms with Gasteiger partial charge in [0.2, 0.25) is 11.8 Å². The van der Waals surface area contributed by atoms with Gasteiger partial charge in [-0.25, -0.2) is 0 Å². The molecule has 1 aliphatic rings. The molecule has 1 unspecified atom stereocenters. The predicted octanol–water partition coefficient (Wildman–Crippen LogP) is -0.683. The van der Waals surface area contributed by atoms with E-state index in [1.165, 1.54) is 0 Å². The largest absolute Gasteiger partial charge is 0.344 e. The first-order valence-electron chi connectivity index (χ1n) is 5.24. The fraction of sp³-hybridized carbons (Fsp3) is 0.800. The van der Waals surface area contributed by atoms with Gasteiger partial charge in [-0.15, -0.1) is 0 Å². The quantitative estimate of drug-likeness (QED) is 0.652. The van der Waals surface area contributed by atoms with Crippen molar-refractivity contribution in [3.63, 3.8) is 0 Å². The van der Waals surface area contributed by atoms with Crippen LogP contribution in [0.25, 0.3) is 0 Å². The van der Waals surface area contributed by atoms with E-state index < -0.39 is 6.04 Å². The summed E-state index contributed by atoms with van der Waals surface area (Å²) >= 11 is 0. The van der Waals surface area contributed by atoms with Crippen molar-refractivity contribution in [3.05, 3.63) is 0 Å². The Labute approximate surface area is 90.0 Å². The van der Waals surface area contributed by atoms with Crippen molar-refractivity contribution in [2.45, 2.75) is 32.4 Å². The fourth-order valence-corrected chi connectivity index (χ4v) is 1.53. The summed E-state index contributed by atoms with van der Waals surface area (Å²) in [5.41, 5.74) is 5.68. The molecule has 1 aliphatic heterocycles. The fourth-order valence-electron chi connectivity index (χ4n) is 1.53. The Bertz CT molecular complexity index is 265. The monoisotopic (exact) mass is 213 g/mol. The van der Waals surface area contributed by atoms with Crippen LogP contribution in [0, 0.1) is 5.92 Å².